The van der Waals surface area contributed by atoms with Gasteiger partial charge in [0.15, 0.2) is 0 Å². The van der Waals surface area contributed by atoms with Crippen LogP contribution in [0.15, 0.2) is 48.5 Å². The van der Waals surface area contributed by atoms with Gasteiger partial charge in [-0.05, 0) is 135 Å². The first-order chi connectivity index (χ1) is 22.5. The molecule has 0 saturated heterocycles. The lowest BCUT2D eigenvalue weighted by atomic mass is 9.86. The third-order valence-electron chi connectivity index (χ3n) is 10.3. The smallest absolute Gasteiger partial charge is 0.122 e. The molecule has 6 nitrogen and oxygen atoms in total. The molecule has 0 heterocycles. The molecule has 5 rings (SSSR count). The lowest BCUT2D eigenvalue weighted by Gasteiger charge is -2.36. The summed E-state index contributed by atoms with van der Waals surface area (Å²) < 4.78 is 23.4. The molecule has 2 aliphatic rings. The van der Waals surface area contributed by atoms with Crippen molar-refractivity contribution in [2.75, 3.05) is 54.6 Å². The first-order valence-corrected chi connectivity index (χ1v) is 17.5. The predicted octanol–water partition coefficient (Wildman–Crippen LogP) is 7.35. The Morgan fingerprint density at radius 1 is 0.565 bits per heavy atom. The summed E-state index contributed by atoms with van der Waals surface area (Å²) in [6.45, 7) is 8.80. The van der Waals surface area contributed by atoms with E-state index in [9.17, 15) is 0 Å². The third-order valence-corrected chi connectivity index (χ3v) is 10.3. The highest BCUT2D eigenvalue weighted by Crippen LogP contribution is 2.35. The van der Waals surface area contributed by atoms with E-state index >= 15 is 0 Å². The predicted molar refractivity (Wildman–Crippen MR) is 188 cm³/mol. The fraction of sp³-hybridized carbons (Fsp3) is 0.550. The maximum absolute atomic E-state index is 6.01. The number of benzene rings is 3. The van der Waals surface area contributed by atoms with E-state index in [0.29, 0.717) is 12.1 Å². The van der Waals surface area contributed by atoms with Crippen molar-refractivity contribution in [2.45, 2.75) is 90.1 Å². The Kier molecular flexibility index (Phi) is 12.3. The molecule has 0 spiro atoms. The Morgan fingerprint density at radius 2 is 0.978 bits per heavy atom. The van der Waals surface area contributed by atoms with Crippen LogP contribution in [0.25, 0.3) is 0 Å². The molecule has 0 bridgehead atoms. The van der Waals surface area contributed by atoms with Gasteiger partial charge in [-0.3, -0.25) is 9.80 Å². The number of hydrogen-bond acceptors (Lipinski definition) is 6. The van der Waals surface area contributed by atoms with Gasteiger partial charge in [-0.1, -0.05) is 38.1 Å². The van der Waals surface area contributed by atoms with E-state index in [0.717, 1.165) is 101 Å². The van der Waals surface area contributed by atoms with Crippen molar-refractivity contribution < 1.29 is 18.9 Å². The van der Waals surface area contributed by atoms with Gasteiger partial charge in [-0.2, -0.15) is 0 Å². The maximum Gasteiger partial charge on any atom is 0.122 e. The van der Waals surface area contributed by atoms with Crippen molar-refractivity contribution in [3.63, 3.8) is 0 Å². The summed E-state index contributed by atoms with van der Waals surface area (Å²) >= 11 is 0. The van der Waals surface area contributed by atoms with Crippen LogP contribution in [-0.2, 0) is 38.5 Å². The number of rotatable bonds is 16. The molecule has 0 amide bonds. The second kappa shape index (κ2) is 16.6. The Morgan fingerprint density at radius 3 is 1.35 bits per heavy atom. The zero-order valence-electron chi connectivity index (χ0n) is 29.2. The molecule has 0 saturated carbocycles. The van der Waals surface area contributed by atoms with Crippen LogP contribution in [0.3, 0.4) is 0 Å². The molecule has 0 radical (unpaired) electrons. The van der Waals surface area contributed by atoms with Gasteiger partial charge in [0.25, 0.3) is 0 Å². The monoisotopic (exact) mass is 628 g/mol. The van der Waals surface area contributed by atoms with Gasteiger partial charge in [0.1, 0.15) is 23.0 Å². The molecule has 0 unspecified atom stereocenters. The topological polar surface area (TPSA) is 43.4 Å². The number of nitrogens with zero attached hydrogens (tertiary/aromatic N) is 2. The summed E-state index contributed by atoms with van der Waals surface area (Å²) in [5.74, 6) is 4.04. The van der Waals surface area contributed by atoms with Gasteiger partial charge < -0.3 is 18.9 Å². The standard InChI is InChI=1S/C40H56N2O4/c1-7-21-41(33-15-17-35-29(25-33)11-9-13-37(35)43-3)23-19-31-27-40(46-6)32(28-39(31)45-5)20-24-42(22-8-2)34-16-18-36-30(26-34)12-10-14-38(36)44-4/h9-14,27-28,33-34H,7-8,15-26H2,1-6H3/t33-,34-/m0/s1. The first-order valence-electron chi connectivity index (χ1n) is 17.5. The number of fused-ring (bicyclic) bond motifs is 2. The van der Waals surface area contributed by atoms with Crippen LogP contribution in [-0.4, -0.2) is 76.5 Å². The van der Waals surface area contributed by atoms with Crippen LogP contribution in [0.4, 0.5) is 0 Å². The third kappa shape index (κ3) is 7.83. The highest BCUT2D eigenvalue weighted by molar-refractivity contribution is 5.47. The van der Waals surface area contributed by atoms with Gasteiger partial charge in [0.05, 0.1) is 28.4 Å². The molecule has 0 N–H and O–H groups in total. The molecule has 250 valence electrons. The minimum absolute atomic E-state index is 0.545. The van der Waals surface area contributed by atoms with Crippen molar-refractivity contribution in [3.05, 3.63) is 81.9 Å². The maximum atomic E-state index is 6.01. The summed E-state index contributed by atoms with van der Waals surface area (Å²) in [7, 11) is 7.18. The van der Waals surface area contributed by atoms with E-state index in [2.05, 4.69) is 72.2 Å². The van der Waals surface area contributed by atoms with E-state index in [4.69, 9.17) is 18.9 Å². The molecular formula is C40H56N2O4. The van der Waals surface area contributed by atoms with Crippen molar-refractivity contribution in [3.8, 4) is 23.0 Å². The van der Waals surface area contributed by atoms with E-state index in [1.54, 1.807) is 14.2 Å². The van der Waals surface area contributed by atoms with Crippen LogP contribution in [0.5, 0.6) is 23.0 Å². The van der Waals surface area contributed by atoms with Crippen LogP contribution < -0.4 is 18.9 Å². The highest BCUT2D eigenvalue weighted by Gasteiger charge is 2.28. The number of ether oxygens (including phenoxy) is 4. The van der Waals surface area contributed by atoms with E-state index < -0.39 is 0 Å². The fourth-order valence-electron chi connectivity index (χ4n) is 7.98. The molecule has 3 aromatic carbocycles. The summed E-state index contributed by atoms with van der Waals surface area (Å²) in [6, 6.07) is 18.6. The minimum atomic E-state index is 0.545. The Bertz CT molecular complexity index is 1320. The lowest BCUT2D eigenvalue weighted by molar-refractivity contribution is 0.180. The minimum Gasteiger partial charge on any atom is -0.496 e. The molecule has 2 aliphatic carbocycles. The van der Waals surface area contributed by atoms with Crippen molar-refractivity contribution in [2.24, 2.45) is 0 Å². The van der Waals surface area contributed by atoms with E-state index in [1.807, 2.05) is 14.2 Å². The molecule has 46 heavy (non-hydrogen) atoms. The quantitative estimate of drug-likeness (QED) is 0.165. The Labute approximate surface area is 278 Å². The van der Waals surface area contributed by atoms with Crippen LogP contribution in [0.2, 0.25) is 0 Å². The average molecular weight is 629 g/mol. The van der Waals surface area contributed by atoms with Gasteiger partial charge in [0, 0.05) is 25.2 Å². The molecule has 0 fully saturated rings. The first kappa shape index (κ1) is 34.1. The lowest BCUT2D eigenvalue weighted by Crippen LogP contribution is -2.41. The zero-order valence-corrected chi connectivity index (χ0v) is 29.2. The summed E-state index contributed by atoms with van der Waals surface area (Å²) in [5, 5.41) is 0. The molecule has 2 atom stereocenters. The zero-order chi connectivity index (χ0) is 32.5. The van der Waals surface area contributed by atoms with Crippen molar-refractivity contribution >= 4 is 0 Å². The summed E-state index contributed by atoms with van der Waals surface area (Å²) in [6.07, 6.45) is 10.8. The number of hydrogen-bond donors (Lipinski definition) is 0. The van der Waals surface area contributed by atoms with Gasteiger partial charge in [0.2, 0.25) is 0 Å². The van der Waals surface area contributed by atoms with Crippen molar-refractivity contribution in [1.29, 1.82) is 0 Å². The number of methoxy groups -OCH3 is 4. The van der Waals surface area contributed by atoms with E-state index in [-0.39, 0.29) is 0 Å². The Balaban J connectivity index is 1.26. The summed E-state index contributed by atoms with van der Waals surface area (Å²) in [5.41, 5.74) is 8.12. The largest absolute Gasteiger partial charge is 0.496 e. The average Bonchev–Trinajstić information content (AvgIpc) is 3.10. The fourth-order valence-corrected chi connectivity index (χ4v) is 7.98. The van der Waals surface area contributed by atoms with Crippen LogP contribution >= 0.6 is 0 Å². The molecule has 6 heteroatoms. The SMILES string of the molecule is CCCN(CCc1cc(OC)c(CCN(CCC)[C@H]2CCc3c(cccc3OC)C2)cc1OC)[C@H]1CCc2c(cccc2OC)C1. The highest BCUT2D eigenvalue weighted by atomic mass is 16.5. The van der Waals surface area contributed by atoms with Crippen LogP contribution in [0.1, 0.15) is 72.9 Å². The van der Waals surface area contributed by atoms with Crippen molar-refractivity contribution in [1.82, 2.24) is 9.80 Å². The van der Waals surface area contributed by atoms with Crippen LogP contribution in [0, 0.1) is 0 Å². The Hall–Kier alpha value is -3.22. The second-order valence-corrected chi connectivity index (χ2v) is 13.0. The molecule has 0 aromatic heterocycles. The van der Waals surface area contributed by atoms with E-state index in [1.165, 1.54) is 46.2 Å². The second-order valence-electron chi connectivity index (χ2n) is 13.0. The normalized spacial score (nSPS) is 17.5. The van der Waals surface area contributed by atoms with Gasteiger partial charge in [-0.15, -0.1) is 0 Å². The van der Waals surface area contributed by atoms with Gasteiger partial charge >= 0.3 is 0 Å². The summed E-state index contributed by atoms with van der Waals surface area (Å²) in [4.78, 5) is 5.39. The van der Waals surface area contributed by atoms with Gasteiger partial charge in [-0.25, -0.2) is 0 Å². The molecule has 3 aromatic rings. The molecule has 0 aliphatic heterocycles. The molecular weight excluding hydrogens is 572 g/mol.